The molecule has 2 rings (SSSR count). The maximum atomic E-state index is 11.1. The number of hydrogen-bond donors (Lipinski definition) is 1. The zero-order valence-corrected chi connectivity index (χ0v) is 9.01. The second-order valence-corrected chi connectivity index (χ2v) is 3.74. The van der Waals surface area contributed by atoms with Gasteiger partial charge in [0.2, 0.25) is 5.91 Å². The maximum Gasteiger partial charge on any atom is 0.239 e. The van der Waals surface area contributed by atoms with Gasteiger partial charge in [-0.25, -0.2) is 0 Å². The minimum absolute atomic E-state index is 0.0203. The molecule has 1 aromatic carbocycles. The van der Waals surface area contributed by atoms with Crippen LogP contribution >= 0.6 is 11.6 Å². The monoisotopic (exact) mass is 225 g/mol. The van der Waals surface area contributed by atoms with Crippen LogP contribution in [0, 0.1) is 0 Å². The molecule has 1 heterocycles. The van der Waals surface area contributed by atoms with Crippen molar-refractivity contribution in [2.24, 2.45) is 0 Å². The molecule has 0 saturated heterocycles. The summed E-state index contributed by atoms with van der Waals surface area (Å²) in [5.41, 5.74) is 3.23. The number of carbonyl (C=O) groups is 1. The van der Waals surface area contributed by atoms with Crippen LogP contribution in [0.2, 0.25) is 0 Å². The van der Waals surface area contributed by atoms with Gasteiger partial charge in [0.1, 0.15) is 5.88 Å². The fourth-order valence-corrected chi connectivity index (χ4v) is 1.71. The Morgan fingerprint density at radius 2 is 2.33 bits per heavy atom. The van der Waals surface area contributed by atoms with Crippen molar-refractivity contribution < 1.29 is 9.53 Å². The number of hydrogen-bond acceptors (Lipinski definition) is 2. The molecule has 0 spiro atoms. The van der Waals surface area contributed by atoms with Gasteiger partial charge in [-0.2, -0.15) is 0 Å². The molecule has 0 bridgehead atoms. The molecule has 0 unspecified atom stereocenters. The number of fused-ring (bicyclic) bond motifs is 1. The Balaban J connectivity index is 2.17. The van der Waals surface area contributed by atoms with Crippen molar-refractivity contribution in [3.8, 4) is 0 Å². The molecule has 0 aliphatic carbocycles. The third-order valence-electron chi connectivity index (χ3n) is 2.38. The van der Waals surface area contributed by atoms with Crippen molar-refractivity contribution in [3.63, 3.8) is 0 Å². The van der Waals surface area contributed by atoms with Gasteiger partial charge in [0, 0.05) is 5.69 Å². The summed E-state index contributed by atoms with van der Waals surface area (Å²) in [4.78, 5) is 11.1. The molecule has 1 amide bonds. The molecular formula is C11H12ClNO2. The summed E-state index contributed by atoms with van der Waals surface area (Å²) in [6.07, 6.45) is 0.944. The minimum atomic E-state index is -0.187. The van der Waals surface area contributed by atoms with E-state index in [0.29, 0.717) is 6.61 Å². The average molecular weight is 226 g/mol. The van der Waals surface area contributed by atoms with Gasteiger partial charge in [0.05, 0.1) is 13.2 Å². The van der Waals surface area contributed by atoms with Crippen molar-refractivity contribution >= 4 is 23.2 Å². The quantitative estimate of drug-likeness (QED) is 0.782. The van der Waals surface area contributed by atoms with E-state index in [4.69, 9.17) is 16.3 Å². The Morgan fingerprint density at radius 1 is 1.47 bits per heavy atom. The van der Waals surface area contributed by atoms with Crippen LogP contribution in [-0.2, 0) is 22.6 Å². The molecule has 0 saturated carbocycles. The summed E-state index contributed by atoms with van der Waals surface area (Å²) in [7, 11) is 0. The predicted octanol–water partition coefficient (Wildman–Crippen LogP) is 1.94. The van der Waals surface area contributed by atoms with Crippen molar-refractivity contribution in [1.82, 2.24) is 0 Å². The highest BCUT2D eigenvalue weighted by atomic mass is 35.5. The number of nitrogens with one attached hydrogen (secondary N) is 1. The van der Waals surface area contributed by atoms with Crippen LogP contribution in [0.25, 0.3) is 0 Å². The van der Waals surface area contributed by atoms with Crippen LogP contribution in [0.1, 0.15) is 11.1 Å². The van der Waals surface area contributed by atoms with E-state index in [9.17, 15) is 4.79 Å². The standard InChI is InChI=1S/C11H12ClNO2/c12-6-11(14)13-10-2-1-8-3-4-15-7-9(8)5-10/h1-2,5H,3-4,6-7H2,(H,13,14). The normalized spacial score (nSPS) is 14.5. The van der Waals surface area contributed by atoms with E-state index in [0.717, 1.165) is 24.3 Å². The second-order valence-electron chi connectivity index (χ2n) is 3.47. The van der Waals surface area contributed by atoms with E-state index in [1.54, 1.807) is 0 Å². The average Bonchev–Trinajstić information content (AvgIpc) is 2.29. The number of benzene rings is 1. The van der Waals surface area contributed by atoms with Crippen LogP contribution in [0.15, 0.2) is 18.2 Å². The fourth-order valence-electron chi connectivity index (χ4n) is 1.64. The number of alkyl halides is 1. The summed E-state index contributed by atoms with van der Waals surface area (Å²) in [5.74, 6) is -0.207. The zero-order valence-electron chi connectivity index (χ0n) is 8.25. The topological polar surface area (TPSA) is 38.3 Å². The molecule has 0 fully saturated rings. The Morgan fingerprint density at radius 3 is 3.13 bits per heavy atom. The smallest absolute Gasteiger partial charge is 0.239 e. The van der Waals surface area contributed by atoms with Crippen molar-refractivity contribution in [2.75, 3.05) is 17.8 Å². The van der Waals surface area contributed by atoms with Crippen molar-refractivity contribution in [1.29, 1.82) is 0 Å². The lowest BCUT2D eigenvalue weighted by atomic mass is 10.0. The van der Waals surface area contributed by atoms with Gasteiger partial charge in [-0.05, 0) is 29.7 Å². The molecule has 15 heavy (non-hydrogen) atoms. The highest BCUT2D eigenvalue weighted by Gasteiger charge is 2.10. The summed E-state index contributed by atoms with van der Waals surface area (Å²) < 4.78 is 5.34. The van der Waals surface area contributed by atoms with Crippen LogP contribution < -0.4 is 5.32 Å². The van der Waals surface area contributed by atoms with Crippen LogP contribution in [0.5, 0.6) is 0 Å². The van der Waals surface area contributed by atoms with Gasteiger partial charge in [-0.3, -0.25) is 4.79 Å². The third-order valence-corrected chi connectivity index (χ3v) is 2.63. The van der Waals surface area contributed by atoms with E-state index in [2.05, 4.69) is 5.32 Å². The highest BCUT2D eigenvalue weighted by Crippen LogP contribution is 2.20. The summed E-state index contributed by atoms with van der Waals surface area (Å²) in [6.45, 7) is 1.40. The first kappa shape index (κ1) is 10.5. The number of halogens is 1. The van der Waals surface area contributed by atoms with Crippen LogP contribution in [0.4, 0.5) is 5.69 Å². The molecule has 1 aromatic rings. The Bertz CT molecular complexity index is 379. The first-order chi connectivity index (χ1) is 7.29. The van der Waals surface area contributed by atoms with Gasteiger partial charge in [0.25, 0.3) is 0 Å². The van der Waals surface area contributed by atoms with E-state index in [-0.39, 0.29) is 11.8 Å². The summed E-state index contributed by atoms with van der Waals surface area (Å²) in [5, 5.41) is 2.72. The predicted molar refractivity (Wildman–Crippen MR) is 59.2 cm³/mol. The lowest BCUT2D eigenvalue weighted by Gasteiger charge is -2.17. The summed E-state index contributed by atoms with van der Waals surface area (Å²) in [6, 6.07) is 5.87. The van der Waals surface area contributed by atoms with Crippen LogP contribution in [-0.4, -0.2) is 18.4 Å². The van der Waals surface area contributed by atoms with Crippen molar-refractivity contribution in [2.45, 2.75) is 13.0 Å². The van der Waals surface area contributed by atoms with E-state index >= 15 is 0 Å². The molecule has 0 radical (unpaired) electrons. The number of anilines is 1. The van der Waals surface area contributed by atoms with Gasteiger partial charge < -0.3 is 10.1 Å². The molecule has 0 aromatic heterocycles. The lowest BCUT2D eigenvalue weighted by Crippen LogP contribution is -2.14. The highest BCUT2D eigenvalue weighted by molar-refractivity contribution is 6.29. The molecule has 1 aliphatic heterocycles. The molecular weight excluding hydrogens is 214 g/mol. The van der Waals surface area contributed by atoms with Gasteiger partial charge in [0.15, 0.2) is 0 Å². The van der Waals surface area contributed by atoms with E-state index in [1.165, 1.54) is 5.56 Å². The zero-order chi connectivity index (χ0) is 10.7. The first-order valence-electron chi connectivity index (χ1n) is 4.85. The fraction of sp³-hybridized carbons (Fsp3) is 0.364. The molecule has 80 valence electrons. The molecule has 1 aliphatic rings. The SMILES string of the molecule is O=C(CCl)Nc1ccc2c(c1)COCC2. The maximum absolute atomic E-state index is 11.1. The van der Waals surface area contributed by atoms with E-state index < -0.39 is 0 Å². The van der Waals surface area contributed by atoms with Crippen molar-refractivity contribution in [3.05, 3.63) is 29.3 Å². The molecule has 0 atom stereocenters. The van der Waals surface area contributed by atoms with Gasteiger partial charge >= 0.3 is 0 Å². The minimum Gasteiger partial charge on any atom is -0.376 e. The lowest BCUT2D eigenvalue weighted by molar-refractivity contribution is -0.113. The molecule has 4 heteroatoms. The summed E-state index contributed by atoms with van der Waals surface area (Å²) >= 11 is 5.41. The van der Waals surface area contributed by atoms with Gasteiger partial charge in [-0.15, -0.1) is 11.6 Å². The number of rotatable bonds is 2. The van der Waals surface area contributed by atoms with Crippen LogP contribution in [0.3, 0.4) is 0 Å². The number of carbonyl (C=O) groups excluding carboxylic acids is 1. The largest absolute Gasteiger partial charge is 0.376 e. The number of ether oxygens (including phenoxy) is 1. The number of amides is 1. The Kier molecular flexibility index (Phi) is 3.23. The molecule has 1 N–H and O–H groups in total. The Hall–Kier alpha value is -1.06. The second kappa shape index (κ2) is 4.64. The van der Waals surface area contributed by atoms with E-state index in [1.807, 2.05) is 18.2 Å². The molecule has 3 nitrogen and oxygen atoms in total. The third kappa shape index (κ3) is 2.49. The van der Waals surface area contributed by atoms with Gasteiger partial charge in [-0.1, -0.05) is 6.07 Å². The first-order valence-corrected chi connectivity index (χ1v) is 5.38. The Labute approximate surface area is 93.4 Å².